The van der Waals surface area contributed by atoms with Crippen LogP contribution in [0.4, 0.5) is 0 Å². The molecule has 1 aromatic carbocycles. The van der Waals surface area contributed by atoms with Gasteiger partial charge >= 0.3 is 0 Å². The van der Waals surface area contributed by atoms with Crippen LogP contribution in [0.1, 0.15) is 24.2 Å². The van der Waals surface area contributed by atoms with Crippen molar-refractivity contribution in [1.29, 1.82) is 0 Å². The van der Waals surface area contributed by atoms with Crippen molar-refractivity contribution in [3.63, 3.8) is 0 Å². The Hall–Kier alpha value is -1.94. The molecule has 0 saturated carbocycles. The van der Waals surface area contributed by atoms with E-state index in [1.165, 1.54) is 0 Å². The summed E-state index contributed by atoms with van der Waals surface area (Å²) in [6, 6.07) is 9.35. The zero-order valence-electron chi connectivity index (χ0n) is 10.7. The second kappa shape index (κ2) is 4.63. The number of oxazole rings is 1. The van der Waals surface area contributed by atoms with Crippen LogP contribution in [0.15, 0.2) is 40.1 Å². The molecule has 0 aliphatic rings. The van der Waals surface area contributed by atoms with Gasteiger partial charge in [-0.3, -0.25) is 4.79 Å². The molecule has 96 valence electrons. The Balaban J connectivity index is 2.07. The van der Waals surface area contributed by atoms with Crippen molar-refractivity contribution in [2.75, 3.05) is 0 Å². The van der Waals surface area contributed by atoms with Crippen molar-refractivity contribution in [2.45, 2.75) is 13.8 Å². The monoisotopic (exact) mass is 271 g/mol. The van der Waals surface area contributed by atoms with Crippen molar-refractivity contribution in [1.82, 2.24) is 4.98 Å². The molecule has 2 heterocycles. The van der Waals surface area contributed by atoms with Gasteiger partial charge in [0.2, 0.25) is 5.89 Å². The van der Waals surface area contributed by atoms with E-state index < -0.39 is 0 Å². The molecular formula is C15H13NO2S. The Morgan fingerprint density at radius 3 is 2.84 bits per heavy atom. The summed E-state index contributed by atoms with van der Waals surface area (Å²) in [5, 5.41) is 1.98. The number of rotatable bonds is 3. The summed E-state index contributed by atoms with van der Waals surface area (Å²) in [5.41, 5.74) is 2.13. The van der Waals surface area contributed by atoms with Crippen LogP contribution in [0.5, 0.6) is 0 Å². The molecule has 0 bridgehead atoms. The van der Waals surface area contributed by atoms with E-state index in [1.54, 1.807) is 23.5 Å². The summed E-state index contributed by atoms with van der Waals surface area (Å²) < 4.78 is 5.70. The number of aromatic nitrogens is 1. The number of benzene rings is 1. The smallest absolute Gasteiger partial charge is 0.237 e. The predicted molar refractivity (Wildman–Crippen MR) is 76.5 cm³/mol. The topological polar surface area (TPSA) is 43.1 Å². The SMILES string of the molecule is CC(C)C(=O)c1ccc2oc(-c3cccs3)nc2c1. The number of Topliss-reactive ketones (excluding diaryl/α,β-unsaturated/α-hetero) is 1. The van der Waals surface area contributed by atoms with Crippen LogP contribution in [-0.4, -0.2) is 10.8 Å². The molecule has 19 heavy (non-hydrogen) atoms. The van der Waals surface area contributed by atoms with E-state index >= 15 is 0 Å². The first-order valence-electron chi connectivity index (χ1n) is 6.14. The Bertz CT molecular complexity index is 726. The highest BCUT2D eigenvalue weighted by atomic mass is 32.1. The summed E-state index contributed by atoms with van der Waals surface area (Å²) in [7, 11) is 0. The van der Waals surface area contributed by atoms with E-state index in [-0.39, 0.29) is 11.7 Å². The van der Waals surface area contributed by atoms with Gasteiger partial charge in [-0.25, -0.2) is 4.98 Å². The van der Waals surface area contributed by atoms with Gasteiger partial charge in [0, 0.05) is 11.5 Å². The van der Waals surface area contributed by atoms with Crippen molar-refractivity contribution in [3.8, 4) is 10.8 Å². The highest BCUT2D eigenvalue weighted by molar-refractivity contribution is 7.13. The largest absolute Gasteiger partial charge is 0.435 e. The van der Waals surface area contributed by atoms with Gasteiger partial charge in [-0.05, 0) is 29.6 Å². The molecule has 0 aliphatic carbocycles. The summed E-state index contributed by atoms with van der Waals surface area (Å²) >= 11 is 1.58. The number of hydrogen-bond donors (Lipinski definition) is 0. The number of fused-ring (bicyclic) bond motifs is 1. The van der Waals surface area contributed by atoms with Gasteiger partial charge in [0.1, 0.15) is 5.52 Å². The lowest BCUT2D eigenvalue weighted by molar-refractivity contribution is 0.0939. The molecule has 3 rings (SSSR count). The lowest BCUT2D eigenvalue weighted by atomic mass is 10.0. The highest BCUT2D eigenvalue weighted by Crippen LogP contribution is 2.28. The molecule has 0 fully saturated rings. The molecule has 0 spiro atoms. The van der Waals surface area contributed by atoms with E-state index in [0.717, 1.165) is 10.4 Å². The average molecular weight is 271 g/mol. The average Bonchev–Trinajstić information content (AvgIpc) is 3.05. The number of hydrogen-bond acceptors (Lipinski definition) is 4. The predicted octanol–water partition coefficient (Wildman–Crippen LogP) is 4.40. The van der Waals surface area contributed by atoms with E-state index in [9.17, 15) is 4.79 Å². The van der Waals surface area contributed by atoms with Crippen molar-refractivity contribution in [2.24, 2.45) is 5.92 Å². The first-order valence-corrected chi connectivity index (χ1v) is 7.02. The number of carbonyl (C=O) groups is 1. The Morgan fingerprint density at radius 1 is 1.32 bits per heavy atom. The molecule has 3 nitrogen and oxygen atoms in total. The number of ketones is 1. The molecule has 3 aromatic rings. The third-order valence-electron chi connectivity index (χ3n) is 2.93. The minimum Gasteiger partial charge on any atom is -0.435 e. The fraction of sp³-hybridized carbons (Fsp3) is 0.200. The Kier molecular flexibility index (Phi) is 2.95. The molecule has 0 aliphatic heterocycles. The van der Waals surface area contributed by atoms with Gasteiger partial charge in [-0.2, -0.15) is 0 Å². The van der Waals surface area contributed by atoms with Crippen molar-refractivity contribution in [3.05, 3.63) is 41.3 Å². The summed E-state index contributed by atoms with van der Waals surface area (Å²) in [5.74, 6) is 0.725. The maximum Gasteiger partial charge on any atom is 0.237 e. The zero-order chi connectivity index (χ0) is 13.4. The van der Waals surface area contributed by atoms with Gasteiger partial charge in [0.25, 0.3) is 0 Å². The third-order valence-corrected chi connectivity index (χ3v) is 3.79. The number of nitrogens with zero attached hydrogens (tertiary/aromatic N) is 1. The normalized spacial score (nSPS) is 11.3. The van der Waals surface area contributed by atoms with Gasteiger partial charge < -0.3 is 4.42 Å². The lowest BCUT2D eigenvalue weighted by Gasteiger charge is -2.02. The van der Waals surface area contributed by atoms with Crippen molar-refractivity contribution >= 4 is 28.2 Å². The van der Waals surface area contributed by atoms with Crippen LogP contribution in [-0.2, 0) is 0 Å². The van der Waals surface area contributed by atoms with Gasteiger partial charge in [0.15, 0.2) is 11.4 Å². The van der Waals surface area contributed by atoms with E-state index in [2.05, 4.69) is 4.98 Å². The molecule has 4 heteroatoms. The fourth-order valence-electron chi connectivity index (χ4n) is 1.92. The van der Waals surface area contributed by atoms with Crippen LogP contribution in [0.2, 0.25) is 0 Å². The van der Waals surface area contributed by atoms with Gasteiger partial charge in [-0.1, -0.05) is 19.9 Å². The molecular weight excluding hydrogens is 258 g/mol. The first-order chi connectivity index (χ1) is 9.15. The second-order valence-corrected chi connectivity index (χ2v) is 5.65. The standard InChI is InChI=1S/C15H13NO2S/c1-9(2)14(17)10-5-6-12-11(8-10)16-15(18-12)13-4-3-7-19-13/h3-9H,1-2H3. The maximum atomic E-state index is 12.0. The molecule has 0 unspecified atom stereocenters. The number of thiophene rings is 1. The summed E-state index contributed by atoms with van der Waals surface area (Å²) in [6.07, 6.45) is 0. The summed E-state index contributed by atoms with van der Waals surface area (Å²) in [6.45, 7) is 3.79. The fourth-order valence-corrected chi connectivity index (χ4v) is 2.57. The summed E-state index contributed by atoms with van der Waals surface area (Å²) in [4.78, 5) is 17.4. The van der Waals surface area contributed by atoms with Crippen LogP contribution < -0.4 is 0 Å². The third kappa shape index (κ3) is 2.19. The minimum absolute atomic E-state index is 0.0129. The number of carbonyl (C=O) groups excluding carboxylic acids is 1. The van der Waals surface area contributed by atoms with E-state index in [1.807, 2.05) is 37.4 Å². The molecule has 2 aromatic heterocycles. The van der Waals surface area contributed by atoms with Crippen LogP contribution in [0.25, 0.3) is 21.9 Å². The zero-order valence-corrected chi connectivity index (χ0v) is 11.5. The van der Waals surface area contributed by atoms with Crippen LogP contribution in [0.3, 0.4) is 0 Å². The molecule has 0 saturated heterocycles. The van der Waals surface area contributed by atoms with Gasteiger partial charge in [0.05, 0.1) is 4.88 Å². The molecule has 0 atom stereocenters. The van der Waals surface area contributed by atoms with Crippen LogP contribution >= 0.6 is 11.3 Å². The quantitative estimate of drug-likeness (QED) is 0.663. The minimum atomic E-state index is -0.0129. The van der Waals surface area contributed by atoms with E-state index in [0.29, 0.717) is 17.0 Å². The lowest BCUT2D eigenvalue weighted by Crippen LogP contribution is -2.06. The Morgan fingerprint density at radius 2 is 2.16 bits per heavy atom. The van der Waals surface area contributed by atoms with E-state index in [4.69, 9.17) is 4.42 Å². The second-order valence-electron chi connectivity index (χ2n) is 4.70. The molecule has 0 N–H and O–H groups in total. The first kappa shape index (κ1) is 12.1. The maximum absolute atomic E-state index is 12.0. The van der Waals surface area contributed by atoms with Crippen LogP contribution in [0, 0.1) is 5.92 Å². The molecule has 0 amide bonds. The molecule has 0 radical (unpaired) electrons. The Labute approximate surface area is 114 Å². The van der Waals surface area contributed by atoms with Crippen molar-refractivity contribution < 1.29 is 9.21 Å². The van der Waals surface area contributed by atoms with Gasteiger partial charge in [-0.15, -0.1) is 11.3 Å². The highest BCUT2D eigenvalue weighted by Gasteiger charge is 2.14.